The fraction of sp³-hybridized carbons (Fsp3) is 0.800. The van der Waals surface area contributed by atoms with Crippen LogP contribution in [0.2, 0.25) is 0 Å². The third-order valence-electron chi connectivity index (χ3n) is 4.22. The standard InChI is InChI=1S/C15H26N4O3.ClH/c1-10-9-11(6-7-16-10)17-12(20)5-4-8-19-13(21)15(2,3)18-14(19)22;/h10-11,16H,4-9H2,1-3H3,(H,17,20)(H,18,22);1H. The van der Waals surface area contributed by atoms with Crippen molar-refractivity contribution >= 4 is 30.3 Å². The Balaban J connectivity index is 0.00000264. The molecule has 2 aliphatic heterocycles. The van der Waals surface area contributed by atoms with Gasteiger partial charge in [-0.1, -0.05) is 0 Å². The molecule has 2 atom stereocenters. The van der Waals surface area contributed by atoms with Gasteiger partial charge in [0.25, 0.3) is 5.91 Å². The molecule has 2 fully saturated rings. The van der Waals surface area contributed by atoms with Crippen LogP contribution in [0.15, 0.2) is 0 Å². The molecule has 0 radical (unpaired) electrons. The van der Waals surface area contributed by atoms with Gasteiger partial charge in [0.15, 0.2) is 0 Å². The van der Waals surface area contributed by atoms with Gasteiger partial charge in [-0.25, -0.2) is 4.79 Å². The summed E-state index contributed by atoms with van der Waals surface area (Å²) in [4.78, 5) is 36.9. The zero-order valence-electron chi connectivity index (χ0n) is 14.0. The number of urea groups is 1. The lowest BCUT2D eigenvalue weighted by Gasteiger charge is -2.28. The molecule has 0 spiro atoms. The fourth-order valence-electron chi connectivity index (χ4n) is 2.98. The highest BCUT2D eigenvalue weighted by Crippen LogP contribution is 2.17. The molecular formula is C15H27ClN4O3. The Morgan fingerprint density at radius 1 is 1.39 bits per heavy atom. The van der Waals surface area contributed by atoms with E-state index in [1.807, 2.05) is 0 Å². The SMILES string of the molecule is CC1CC(NC(=O)CCCN2C(=O)NC(C)(C)C2=O)CCN1.Cl. The first-order chi connectivity index (χ1) is 10.3. The first-order valence-corrected chi connectivity index (χ1v) is 7.96. The van der Waals surface area contributed by atoms with E-state index in [1.54, 1.807) is 13.8 Å². The number of imide groups is 1. The summed E-state index contributed by atoms with van der Waals surface area (Å²) in [6, 6.07) is 0.272. The van der Waals surface area contributed by atoms with Crippen molar-refractivity contribution in [3.63, 3.8) is 0 Å². The Morgan fingerprint density at radius 3 is 2.65 bits per heavy atom. The smallest absolute Gasteiger partial charge is 0.325 e. The van der Waals surface area contributed by atoms with E-state index in [0.717, 1.165) is 19.4 Å². The summed E-state index contributed by atoms with van der Waals surface area (Å²) >= 11 is 0. The summed E-state index contributed by atoms with van der Waals surface area (Å²) in [6.07, 6.45) is 2.70. The fourth-order valence-corrected chi connectivity index (χ4v) is 2.98. The van der Waals surface area contributed by atoms with Crippen molar-refractivity contribution in [2.45, 2.75) is 64.1 Å². The average Bonchev–Trinajstić information content (AvgIpc) is 2.60. The molecule has 8 heteroatoms. The molecule has 7 nitrogen and oxygen atoms in total. The van der Waals surface area contributed by atoms with Crippen LogP contribution in [-0.2, 0) is 9.59 Å². The second-order valence-electron chi connectivity index (χ2n) is 6.76. The molecule has 132 valence electrons. The van der Waals surface area contributed by atoms with Gasteiger partial charge in [0.2, 0.25) is 5.91 Å². The van der Waals surface area contributed by atoms with E-state index in [0.29, 0.717) is 18.9 Å². The van der Waals surface area contributed by atoms with Crippen molar-refractivity contribution in [2.75, 3.05) is 13.1 Å². The van der Waals surface area contributed by atoms with Gasteiger partial charge in [-0.05, 0) is 46.6 Å². The van der Waals surface area contributed by atoms with Crippen molar-refractivity contribution < 1.29 is 14.4 Å². The van der Waals surface area contributed by atoms with E-state index in [4.69, 9.17) is 0 Å². The number of nitrogens with zero attached hydrogens (tertiary/aromatic N) is 1. The molecule has 2 aliphatic rings. The first kappa shape index (κ1) is 19.7. The first-order valence-electron chi connectivity index (χ1n) is 7.96. The Labute approximate surface area is 143 Å². The van der Waals surface area contributed by atoms with Crippen LogP contribution in [0.4, 0.5) is 4.79 Å². The summed E-state index contributed by atoms with van der Waals surface area (Å²) in [5.74, 6) is -0.240. The van der Waals surface area contributed by atoms with Gasteiger partial charge in [0.05, 0.1) is 0 Å². The van der Waals surface area contributed by atoms with E-state index in [2.05, 4.69) is 22.9 Å². The maximum absolute atomic E-state index is 12.0. The third-order valence-corrected chi connectivity index (χ3v) is 4.22. The van der Waals surface area contributed by atoms with E-state index in [-0.39, 0.29) is 42.8 Å². The number of amides is 4. The Kier molecular flexibility index (Phi) is 6.83. The number of hydrogen-bond acceptors (Lipinski definition) is 4. The quantitative estimate of drug-likeness (QED) is 0.641. The lowest BCUT2D eigenvalue weighted by molar-refractivity contribution is -0.130. The normalized spacial score (nSPS) is 26.5. The monoisotopic (exact) mass is 346 g/mol. The predicted octanol–water partition coefficient (Wildman–Crippen LogP) is 0.776. The number of carbonyl (C=O) groups is 3. The van der Waals surface area contributed by atoms with Crippen LogP contribution < -0.4 is 16.0 Å². The van der Waals surface area contributed by atoms with Gasteiger partial charge >= 0.3 is 6.03 Å². The Bertz CT molecular complexity index is 470. The summed E-state index contributed by atoms with van der Waals surface area (Å²) in [5.41, 5.74) is -0.843. The molecule has 2 unspecified atom stereocenters. The lowest BCUT2D eigenvalue weighted by atomic mass is 10.0. The minimum Gasteiger partial charge on any atom is -0.353 e. The third kappa shape index (κ3) is 5.07. The van der Waals surface area contributed by atoms with Crippen molar-refractivity contribution in [3.8, 4) is 0 Å². The molecule has 4 amide bonds. The van der Waals surface area contributed by atoms with Crippen molar-refractivity contribution in [1.82, 2.24) is 20.9 Å². The minimum absolute atomic E-state index is 0. The van der Waals surface area contributed by atoms with Crippen LogP contribution in [0.3, 0.4) is 0 Å². The number of rotatable bonds is 5. The maximum atomic E-state index is 12.0. The van der Waals surface area contributed by atoms with Crippen LogP contribution in [0.25, 0.3) is 0 Å². The van der Waals surface area contributed by atoms with E-state index < -0.39 is 5.54 Å². The molecule has 0 bridgehead atoms. The molecule has 0 aromatic rings. The van der Waals surface area contributed by atoms with Crippen LogP contribution >= 0.6 is 12.4 Å². The van der Waals surface area contributed by atoms with Gasteiger partial charge < -0.3 is 16.0 Å². The van der Waals surface area contributed by atoms with Crippen LogP contribution in [0, 0.1) is 0 Å². The summed E-state index contributed by atoms with van der Waals surface area (Å²) in [6.45, 7) is 6.67. The largest absolute Gasteiger partial charge is 0.353 e. The molecule has 0 aliphatic carbocycles. The van der Waals surface area contributed by atoms with E-state index >= 15 is 0 Å². The second-order valence-corrected chi connectivity index (χ2v) is 6.76. The van der Waals surface area contributed by atoms with Crippen molar-refractivity contribution in [1.29, 1.82) is 0 Å². The summed E-state index contributed by atoms with van der Waals surface area (Å²) in [5, 5.41) is 9.00. The highest BCUT2D eigenvalue weighted by Gasteiger charge is 2.43. The van der Waals surface area contributed by atoms with Gasteiger partial charge in [-0.15, -0.1) is 12.4 Å². The zero-order valence-corrected chi connectivity index (χ0v) is 14.8. The van der Waals surface area contributed by atoms with Crippen LogP contribution in [-0.4, -0.2) is 53.5 Å². The van der Waals surface area contributed by atoms with Crippen LogP contribution in [0.5, 0.6) is 0 Å². The van der Waals surface area contributed by atoms with Gasteiger partial charge in [0, 0.05) is 25.0 Å². The molecule has 0 aromatic carbocycles. The summed E-state index contributed by atoms with van der Waals surface area (Å²) < 4.78 is 0. The number of hydrogen-bond donors (Lipinski definition) is 3. The molecule has 23 heavy (non-hydrogen) atoms. The van der Waals surface area contributed by atoms with Gasteiger partial charge in [-0.2, -0.15) is 0 Å². The number of halogens is 1. The Hall–Kier alpha value is -1.34. The topological polar surface area (TPSA) is 90.5 Å². The average molecular weight is 347 g/mol. The minimum atomic E-state index is -0.843. The molecule has 2 saturated heterocycles. The van der Waals surface area contributed by atoms with Crippen molar-refractivity contribution in [3.05, 3.63) is 0 Å². The maximum Gasteiger partial charge on any atom is 0.325 e. The van der Waals surface area contributed by atoms with E-state index in [9.17, 15) is 14.4 Å². The lowest BCUT2D eigenvalue weighted by Crippen LogP contribution is -2.46. The Morgan fingerprint density at radius 2 is 2.09 bits per heavy atom. The molecule has 2 heterocycles. The van der Waals surface area contributed by atoms with Crippen LogP contribution in [0.1, 0.15) is 46.5 Å². The molecule has 3 N–H and O–H groups in total. The van der Waals surface area contributed by atoms with Gasteiger partial charge in [-0.3, -0.25) is 14.5 Å². The highest BCUT2D eigenvalue weighted by molar-refractivity contribution is 6.06. The number of piperidine rings is 1. The summed E-state index contributed by atoms with van der Waals surface area (Å²) in [7, 11) is 0. The number of nitrogens with one attached hydrogen (secondary N) is 3. The molecule has 0 aromatic heterocycles. The molecule has 0 saturated carbocycles. The zero-order chi connectivity index (χ0) is 16.3. The second kappa shape index (κ2) is 7.97. The molecular weight excluding hydrogens is 320 g/mol. The molecule has 2 rings (SSSR count). The predicted molar refractivity (Wildman–Crippen MR) is 89.4 cm³/mol. The van der Waals surface area contributed by atoms with E-state index in [1.165, 1.54) is 4.90 Å². The van der Waals surface area contributed by atoms with Gasteiger partial charge in [0.1, 0.15) is 5.54 Å². The van der Waals surface area contributed by atoms with Crippen molar-refractivity contribution in [2.24, 2.45) is 0 Å². The number of carbonyl (C=O) groups excluding carboxylic acids is 3. The highest BCUT2D eigenvalue weighted by atomic mass is 35.5.